The number of carbonyl (C=O) groups is 1. The minimum atomic E-state index is -4.65. The Balaban J connectivity index is 1.63. The number of benzene rings is 2. The Bertz CT molecular complexity index is 882. The molecular formula is C19H19F3N4O3. The fourth-order valence-electron chi connectivity index (χ4n) is 3.15. The highest BCUT2D eigenvalue weighted by Gasteiger charge is 2.34. The maximum absolute atomic E-state index is 12.9. The van der Waals surface area contributed by atoms with Crippen LogP contribution in [0.15, 0.2) is 48.5 Å². The highest BCUT2D eigenvalue weighted by Crippen LogP contribution is 2.36. The molecule has 1 aliphatic heterocycles. The molecule has 2 amide bonds. The zero-order valence-electron chi connectivity index (χ0n) is 15.4. The summed E-state index contributed by atoms with van der Waals surface area (Å²) in [5.74, 6) is 0. The van der Waals surface area contributed by atoms with Crippen LogP contribution in [0.2, 0.25) is 0 Å². The molecule has 0 aliphatic carbocycles. The van der Waals surface area contributed by atoms with E-state index in [2.05, 4.69) is 5.32 Å². The van der Waals surface area contributed by atoms with E-state index < -0.39 is 22.4 Å². The predicted octanol–water partition coefficient (Wildman–Crippen LogP) is 3.65. The molecule has 1 fully saturated rings. The molecule has 3 rings (SSSR count). The molecule has 0 saturated carbocycles. The molecule has 2 aromatic carbocycles. The van der Waals surface area contributed by atoms with Crippen LogP contribution < -0.4 is 10.2 Å². The highest BCUT2D eigenvalue weighted by molar-refractivity contribution is 5.75. The number of piperazine rings is 1. The lowest BCUT2D eigenvalue weighted by Crippen LogP contribution is -2.51. The molecule has 0 unspecified atom stereocenters. The van der Waals surface area contributed by atoms with Crippen molar-refractivity contribution in [3.8, 4) is 0 Å². The van der Waals surface area contributed by atoms with Crippen molar-refractivity contribution in [1.82, 2.24) is 10.2 Å². The zero-order valence-corrected chi connectivity index (χ0v) is 15.4. The minimum absolute atomic E-state index is 0.118. The number of alkyl halides is 3. The van der Waals surface area contributed by atoms with Crippen LogP contribution >= 0.6 is 0 Å². The van der Waals surface area contributed by atoms with Crippen LogP contribution in [0.5, 0.6) is 0 Å². The third-order valence-electron chi connectivity index (χ3n) is 4.69. The number of rotatable bonds is 4. The SMILES string of the molecule is O=C(NCc1ccccc1)N1CCN(c2ccc(C(F)(F)F)cc2[N+](=O)[O-])CC1. The van der Waals surface area contributed by atoms with Gasteiger partial charge in [-0.3, -0.25) is 10.1 Å². The number of halogens is 3. The lowest BCUT2D eigenvalue weighted by Gasteiger charge is -2.35. The first-order valence-corrected chi connectivity index (χ1v) is 8.93. The van der Waals surface area contributed by atoms with Gasteiger partial charge in [0.05, 0.1) is 10.5 Å². The number of nitrogens with zero attached hydrogens (tertiary/aromatic N) is 3. The van der Waals surface area contributed by atoms with Gasteiger partial charge in [0.2, 0.25) is 0 Å². The number of amides is 2. The molecule has 1 saturated heterocycles. The number of nitrogens with one attached hydrogen (secondary N) is 1. The van der Waals surface area contributed by atoms with Gasteiger partial charge in [-0.15, -0.1) is 0 Å². The molecule has 1 N–H and O–H groups in total. The monoisotopic (exact) mass is 408 g/mol. The van der Waals surface area contributed by atoms with Gasteiger partial charge in [0.15, 0.2) is 0 Å². The smallest absolute Gasteiger partial charge is 0.362 e. The molecule has 0 aromatic heterocycles. The number of nitro groups is 1. The van der Waals surface area contributed by atoms with Gasteiger partial charge in [-0.2, -0.15) is 13.2 Å². The summed E-state index contributed by atoms with van der Waals surface area (Å²) in [7, 11) is 0. The van der Waals surface area contributed by atoms with Gasteiger partial charge in [-0.25, -0.2) is 4.79 Å². The van der Waals surface area contributed by atoms with Crippen LogP contribution in [-0.2, 0) is 12.7 Å². The fraction of sp³-hybridized carbons (Fsp3) is 0.316. The van der Waals surface area contributed by atoms with Gasteiger partial charge in [-0.05, 0) is 17.7 Å². The van der Waals surface area contributed by atoms with Gasteiger partial charge in [-0.1, -0.05) is 30.3 Å². The molecule has 0 bridgehead atoms. The van der Waals surface area contributed by atoms with Gasteiger partial charge in [0.25, 0.3) is 5.69 Å². The van der Waals surface area contributed by atoms with E-state index in [4.69, 9.17) is 0 Å². The first kappa shape index (κ1) is 20.4. The molecule has 0 radical (unpaired) electrons. The van der Waals surface area contributed by atoms with E-state index in [1.807, 2.05) is 30.3 Å². The Morgan fingerprint density at radius 1 is 1.07 bits per heavy atom. The number of hydrogen-bond acceptors (Lipinski definition) is 4. The molecule has 1 heterocycles. The minimum Gasteiger partial charge on any atom is -0.362 e. The molecule has 10 heteroatoms. The first-order chi connectivity index (χ1) is 13.8. The number of carbonyl (C=O) groups excluding carboxylic acids is 1. The van der Waals surface area contributed by atoms with Crippen molar-refractivity contribution in [2.75, 3.05) is 31.1 Å². The van der Waals surface area contributed by atoms with Crippen molar-refractivity contribution in [1.29, 1.82) is 0 Å². The second-order valence-corrected chi connectivity index (χ2v) is 6.58. The Kier molecular flexibility index (Phi) is 5.90. The van der Waals surface area contributed by atoms with Crippen LogP contribution in [0.4, 0.5) is 29.3 Å². The van der Waals surface area contributed by atoms with Crippen molar-refractivity contribution in [2.45, 2.75) is 12.7 Å². The summed E-state index contributed by atoms with van der Waals surface area (Å²) in [6.07, 6.45) is -4.65. The van der Waals surface area contributed by atoms with Gasteiger partial charge in [0.1, 0.15) is 5.69 Å². The summed E-state index contributed by atoms with van der Waals surface area (Å²) < 4.78 is 38.6. The summed E-state index contributed by atoms with van der Waals surface area (Å²) in [6.45, 7) is 1.55. The lowest BCUT2D eigenvalue weighted by atomic mass is 10.1. The third kappa shape index (κ3) is 4.95. The average Bonchev–Trinajstić information content (AvgIpc) is 2.71. The highest BCUT2D eigenvalue weighted by atomic mass is 19.4. The number of hydrogen-bond donors (Lipinski definition) is 1. The Morgan fingerprint density at radius 2 is 1.72 bits per heavy atom. The summed E-state index contributed by atoms with van der Waals surface area (Å²) in [5, 5.41) is 14.1. The maximum atomic E-state index is 12.9. The molecule has 0 spiro atoms. The van der Waals surface area contributed by atoms with Crippen molar-refractivity contribution in [2.24, 2.45) is 0 Å². The van der Waals surface area contributed by atoms with Crippen molar-refractivity contribution in [3.63, 3.8) is 0 Å². The van der Waals surface area contributed by atoms with E-state index in [-0.39, 0.29) is 24.8 Å². The van der Waals surface area contributed by atoms with E-state index >= 15 is 0 Å². The molecule has 1 aliphatic rings. The van der Waals surface area contributed by atoms with E-state index in [9.17, 15) is 28.1 Å². The largest absolute Gasteiger partial charge is 0.416 e. The molecule has 7 nitrogen and oxygen atoms in total. The summed E-state index contributed by atoms with van der Waals surface area (Å²) in [5.41, 5.74) is -0.583. The van der Waals surface area contributed by atoms with Crippen LogP contribution in [0.1, 0.15) is 11.1 Å². The van der Waals surface area contributed by atoms with E-state index in [1.165, 1.54) is 0 Å². The van der Waals surface area contributed by atoms with Crippen molar-refractivity contribution < 1.29 is 22.9 Å². The second-order valence-electron chi connectivity index (χ2n) is 6.58. The molecule has 0 atom stereocenters. The third-order valence-corrected chi connectivity index (χ3v) is 4.69. The van der Waals surface area contributed by atoms with Crippen LogP contribution in [0.25, 0.3) is 0 Å². The Labute approximate surface area is 164 Å². The summed E-state index contributed by atoms with van der Waals surface area (Å²) in [4.78, 5) is 26.0. The number of anilines is 1. The maximum Gasteiger partial charge on any atom is 0.416 e. The van der Waals surface area contributed by atoms with E-state index in [0.29, 0.717) is 25.7 Å². The molecular weight excluding hydrogens is 389 g/mol. The Morgan fingerprint density at radius 3 is 2.31 bits per heavy atom. The van der Waals surface area contributed by atoms with Crippen molar-refractivity contribution >= 4 is 17.4 Å². The Hall–Kier alpha value is -3.30. The first-order valence-electron chi connectivity index (χ1n) is 8.93. The molecule has 154 valence electrons. The van der Waals surface area contributed by atoms with Crippen LogP contribution in [0.3, 0.4) is 0 Å². The molecule has 2 aromatic rings. The number of urea groups is 1. The normalized spacial score (nSPS) is 14.6. The van der Waals surface area contributed by atoms with Gasteiger partial charge < -0.3 is 15.1 Å². The standard InChI is InChI=1S/C19H19F3N4O3/c20-19(21,22)15-6-7-16(17(12-15)26(28)29)24-8-10-25(11-9-24)18(27)23-13-14-4-2-1-3-5-14/h1-7,12H,8-11,13H2,(H,23,27). The quantitative estimate of drug-likeness (QED) is 0.619. The topological polar surface area (TPSA) is 78.7 Å². The van der Waals surface area contributed by atoms with Gasteiger partial charge in [0, 0.05) is 38.8 Å². The number of nitro benzene ring substituents is 1. The van der Waals surface area contributed by atoms with Crippen LogP contribution in [-0.4, -0.2) is 42.0 Å². The fourth-order valence-corrected chi connectivity index (χ4v) is 3.15. The van der Waals surface area contributed by atoms with Gasteiger partial charge >= 0.3 is 12.2 Å². The second kappa shape index (κ2) is 8.38. The summed E-state index contributed by atoms with van der Waals surface area (Å²) >= 11 is 0. The van der Waals surface area contributed by atoms with E-state index in [0.717, 1.165) is 17.7 Å². The van der Waals surface area contributed by atoms with Crippen molar-refractivity contribution in [3.05, 3.63) is 69.8 Å². The lowest BCUT2D eigenvalue weighted by molar-refractivity contribution is -0.384. The average molecular weight is 408 g/mol. The zero-order chi connectivity index (χ0) is 21.0. The van der Waals surface area contributed by atoms with Crippen LogP contribution in [0, 0.1) is 10.1 Å². The molecule has 29 heavy (non-hydrogen) atoms. The predicted molar refractivity (Wildman–Crippen MR) is 101 cm³/mol. The van der Waals surface area contributed by atoms with E-state index in [1.54, 1.807) is 9.80 Å². The summed E-state index contributed by atoms with van der Waals surface area (Å²) in [6, 6.07) is 11.7.